The molecule has 1 aromatic carbocycles. The highest BCUT2D eigenvalue weighted by Crippen LogP contribution is 2.40. The molecular formula is C40H45N9O6. The summed E-state index contributed by atoms with van der Waals surface area (Å²) in [4.78, 5) is 67.8. The Morgan fingerprint density at radius 3 is 2.64 bits per heavy atom. The van der Waals surface area contributed by atoms with E-state index in [0.29, 0.717) is 79.1 Å². The summed E-state index contributed by atoms with van der Waals surface area (Å²) in [6.07, 6.45) is 6.16. The lowest BCUT2D eigenvalue weighted by Gasteiger charge is -2.45. The number of hydrogen-bond donors (Lipinski definition) is 3. The highest BCUT2D eigenvalue weighted by atomic mass is 16.5. The molecule has 2 saturated heterocycles. The van der Waals surface area contributed by atoms with E-state index >= 15 is 0 Å². The van der Waals surface area contributed by atoms with E-state index in [9.17, 15) is 24.3 Å². The molecule has 8 rings (SSSR count). The molecule has 1 atom stereocenters. The Balaban J connectivity index is 1.11. The first kappa shape index (κ1) is 36.3. The van der Waals surface area contributed by atoms with E-state index in [0.717, 1.165) is 18.4 Å². The van der Waals surface area contributed by atoms with Crippen LogP contribution in [0.5, 0.6) is 0 Å². The number of nitrogens with zero attached hydrogens (tertiary/aromatic N) is 7. The molecule has 0 bridgehead atoms. The first-order valence-electron chi connectivity index (χ1n) is 18.5. The number of rotatable bonds is 9. The summed E-state index contributed by atoms with van der Waals surface area (Å²) in [6.45, 7) is 10.7. The van der Waals surface area contributed by atoms with Gasteiger partial charge < -0.3 is 34.5 Å². The Labute approximate surface area is 318 Å². The van der Waals surface area contributed by atoms with Crippen molar-refractivity contribution in [2.75, 3.05) is 55.4 Å². The highest BCUT2D eigenvalue weighted by molar-refractivity contribution is 6.06. The van der Waals surface area contributed by atoms with Crippen LogP contribution in [0.15, 0.2) is 60.2 Å². The van der Waals surface area contributed by atoms with Crippen LogP contribution in [0.25, 0.3) is 11.3 Å². The standard InChI is InChI=1S/C40H45N9O6/c1-6-34(51)43-29-14-24(7-8-27(29)33-18-47(25-21-55-22-25)19-35(52)46(33)5)42-36-39(54)45(4)17-30(44-36)26-9-10-41-37(28(26)20-50)49-12-11-48-31(38(49)53)13-23-15-40(2,3)16-32(23)48/h6-10,13-14,17,25,33,50H,1,11-12,15-16,18-22H2,2-5H3,(H,42,44)(H,43,51)/t33-/m0/s1. The van der Waals surface area contributed by atoms with Gasteiger partial charge in [-0.15, -0.1) is 0 Å². The summed E-state index contributed by atoms with van der Waals surface area (Å²) in [5.41, 5.74) is 5.75. The van der Waals surface area contributed by atoms with Gasteiger partial charge >= 0.3 is 0 Å². The molecule has 4 aliphatic rings. The number of piperazine rings is 1. The number of aryl methyl sites for hydroxylation is 1. The largest absolute Gasteiger partial charge is 0.392 e. The van der Waals surface area contributed by atoms with Crippen molar-refractivity contribution < 1.29 is 24.2 Å². The molecule has 4 aromatic rings. The number of hydrogen-bond acceptors (Lipinski definition) is 10. The minimum absolute atomic E-state index is 0.00133. The van der Waals surface area contributed by atoms with E-state index in [2.05, 4.69) is 45.5 Å². The third-order valence-corrected chi connectivity index (χ3v) is 11.3. The number of fused-ring (bicyclic) bond motifs is 3. The van der Waals surface area contributed by atoms with Crippen molar-refractivity contribution in [2.45, 2.75) is 51.9 Å². The number of anilines is 4. The van der Waals surface area contributed by atoms with Gasteiger partial charge in [-0.2, -0.15) is 0 Å². The number of aromatic nitrogens is 4. The lowest BCUT2D eigenvalue weighted by Crippen LogP contribution is -2.58. The van der Waals surface area contributed by atoms with Crippen LogP contribution in [0.3, 0.4) is 0 Å². The Morgan fingerprint density at radius 1 is 1.11 bits per heavy atom. The molecule has 1 aliphatic carbocycles. The van der Waals surface area contributed by atoms with Gasteiger partial charge in [0.15, 0.2) is 5.82 Å². The molecule has 15 nitrogen and oxygen atoms in total. The minimum atomic E-state index is -0.429. The average Bonchev–Trinajstić information content (AvgIpc) is 3.63. The number of ether oxygens (including phenoxy) is 1. The maximum atomic E-state index is 13.9. The van der Waals surface area contributed by atoms with Crippen molar-refractivity contribution in [3.05, 3.63) is 93.8 Å². The molecule has 6 heterocycles. The van der Waals surface area contributed by atoms with E-state index < -0.39 is 18.1 Å². The van der Waals surface area contributed by atoms with Gasteiger partial charge in [-0.1, -0.05) is 26.5 Å². The summed E-state index contributed by atoms with van der Waals surface area (Å²) >= 11 is 0. The van der Waals surface area contributed by atoms with Crippen LogP contribution < -0.4 is 21.1 Å². The Kier molecular flexibility index (Phi) is 9.18. The van der Waals surface area contributed by atoms with Crippen molar-refractivity contribution in [1.29, 1.82) is 0 Å². The molecule has 0 unspecified atom stereocenters. The quantitative estimate of drug-likeness (QED) is 0.217. The average molecular weight is 748 g/mol. The van der Waals surface area contributed by atoms with E-state index in [-0.39, 0.29) is 35.1 Å². The number of pyridine rings is 1. The maximum Gasteiger partial charge on any atom is 0.293 e. The molecule has 0 saturated carbocycles. The third kappa shape index (κ3) is 6.51. The Bertz CT molecular complexity index is 2310. The summed E-state index contributed by atoms with van der Waals surface area (Å²) in [7, 11) is 3.36. The van der Waals surface area contributed by atoms with Crippen LogP contribution >= 0.6 is 0 Å². The van der Waals surface area contributed by atoms with E-state index in [4.69, 9.17) is 9.72 Å². The minimum Gasteiger partial charge on any atom is -0.392 e. The fourth-order valence-corrected chi connectivity index (χ4v) is 8.28. The smallest absolute Gasteiger partial charge is 0.293 e. The Morgan fingerprint density at radius 2 is 1.91 bits per heavy atom. The number of benzene rings is 1. The zero-order chi connectivity index (χ0) is 38.8. The molecule has 15 heteroatoms. The first-order chi connectivity index (χ1) is 26.3. The second-order valence-electron chi connectivity index (χ2n) is 15.6. The van der Waals surface area contributed by atoms with E-state index in [1.54, 1.807) is 54.5 Å². The number of aliphatic hydroxyl groups is 1. The topological polar surface area (TPSA) is 167 Å². The van der Waals surface area contributed by atoms with Crippen molar-refractivity contribution >= 4 is 40.7 Å². The van der Waals surface area contributed by atoms with E-state index in [1.165, 1.54) is 21.9 Å². The SMILES string of the molecule is C=CC(=O)Nc1cc(Nc2nc(-c3ccnc(N4CCn5c(cc6c5CC(C)(C)C6)C4=O)c3CO)cn(C)c2=O)ccc1[C@@H]1CN(C2COC2)CC(=O)N1C. The van der Waals surface area contributed by atoms with Crippen LogP contribution in [-0.4, -0.2) is 97.7 Å². The van der Waals surface area contributed by atoms with Crippen molar-refractivity contribution in [2.24, 2.45) is 12.5 Å². The zero-order valence-electron chi connectivity index (χ0n) is 31.5. The second kappa shape index (κ2) is 13.9. The number of carbonyl (C=O) groups is 3. The lowest BCUT2D eigenvalue weighted by molar-refractivity contribution is -0.146. The molecule has 0 radical (unpaired) electrons. The molecule has 3 aliphatic heterocycles. The van der Waals surface area contributed by atoms with Crippen LogP contribution in [0.2, 0.25) is 0 Å². The molecule has 286 valence electrons. The molecule has 3 aromatic heterocycles. The van der Waals surface area contributed by atoms with Crippen molar-refractivity contribution in [3.8, 4) is 11.3 Å². The molecule has 2 fully saturated rings. The van der Waals surface area contributed by atoms with Crippen molar-refractivity contribution in [3.63, 3.8) is 0 Å². The Hall–Kier alpha value is -5.64. The molecule has 0 spiro atoms. The zero-order valence-corrected chi connectivity index (χ0v) is 31.5. The van der Waals surface area contributed by atoms with E-state index in [1.807, 2.05) is 12.1 Å². The summed E-state index contributed by atoms with van der Waals surface area (Å²) in [6, 6.07) is 8.81. The number of nitrogens with one attached hydrogen (secondary N) is 2. The van der Waals surface area contributed by atoms with Gasteiger partial charge in [-0.05, 0) is 59.7 Å². The normalized spacial score (nSPS) is 19.5. The van der Waals surface area contributed by atoms with Gasteiger partial charge in [0.25, 0.3) is 11.5 Å². The second-order valence-corrected chi connectivity index (χ2v) is 15.6. The van der Waals surface area contributed by atoms with Gasteiger partial charge in [-0.3, -0.25) is 29.0 Å². The summed E-state index contributed by atoms with van der Waals surface area (Å²) in [5, 5.41) is 16.8. The van der Waals surface area contributed by atoms with Gasteiger partial charge in [-0.25, -0.2) is 9.97 Å². The molecule has 55 heavy (non-hydrogen) atoms. The predicted octanol–water partition coefficient (Wildman–Crippen LogP) is 3.00. The first-order valence-corrected chi connectivity index (χ1v) is 18.5. The predicted molar refractivity (Wildman–Crippen MR) is 206 cm³/mol. The van der Waals surface area contributed by atoms with Crippen molar-refractivity contribution in [1.82, 2.24) is 28.9 Å². The monoisotopic (exact) mass is 747 g/mol. The van der Waals surface area contributed by atoms with Crippen LogP contribution in [0.1, 0.15) is 52.8 Å². The number of carbonyl (C=O) groups excluding carboxylic acids is 3. The van der Waals surface area contributed by atoms with Gasteiger partial charge in [0.1, 0.15) is 11.5 Å². The van der Waals surface area contributed by atoms with Gasteiger partial charge in [0.2, 0.25) is 11.8 Å². The van der Waals surface area contributed by atoms with Gasteiger partial charge in [0, 0.05) is 74.3 Å². The van der Waals surface area contributed by atoms with Crippen LogP contribution in [-0.2, 0) is 47.4 Å². The third-order valence-electron chi connectivity index (χ3n) is 11.3. The van der Waals surface area contributed by atoms with Crippen LogP contribution in [0, 0.1) is 5.41 Å². The molecular weight excluding hydrogens is 702 g/mol. The highest BCUT2D eigenvalue weighted by Gasteiger charge is 2.39. The number of aliphatic hydroxyl groups excluding tert-OH is 1. The summed E-state index contributed by atoms with van der Waals surface area (Å²) in [5.74, 6) is -0.298. The molecule has 3 amide bonds. The van der Waals surface area contributed by atoms with Gasteiger partial charge in [0.05, 0.1) is 44.1 Å². The maximum absolute atomic E-state index is 13.9. The molecule has 3 N–H and O–H groups in total. The fraction of sp³-hybridized carbons (Fsp3) is 0.400. The van der Waals surface area contributed by atoms with Crippen LogP contribution in [0.4, 0.5) is 23.0 Å². The number of amides is 3. The summed E-state index contributed by atoms with van der Waals surface area (Å²) < 4.78 is 8.90. The fourth-order valence-electron chi connectivity index (χ4n) is 8.28. The lowest BCUT2D eigenvalue weighted by atomic mass is 9.90. The number of likely N-dealkylation sites (N-methyl/N-ethyl adjacent to an activating group) is 1.